The largest absolute Gasteiger partial charge is 0.480 e. The number of carbonyl (C=O) groups is 3. The molecule has 0 spiro atoms. The lowest BCUT2D eigenvalue weighted by molar-refractivity contribution is -0.145. The van der Waals surface area contributed by atoms with Crippen LogP contribution < -0.4 is 5.32 Å². The van der Waals surface area contributed by atoms with Gasteiger partial charge < -0.3 is 15.3 Å². The SMILES string of the molecule is CN(CC(=O)O)C(=O)C1CCC(NC(=O)C2CCCC2)CC1. The minimum atomic E-state index is -0.992. The van der Waals surface area contributed by atoms with Gasteiger partial charge in [0.25, 0.3) is 0 Å². The zero-order valence-corrected chi connectivity index (χ0v) is 13.2. The van der Waals surface area contributed by atoms with Crippen molar-refractivity contribution in [2.45, 2.75) is 57.4 Å². The number of hydrogen-bond acceptors (Lipinski definition) is 3. The molecule has 0 radical (unpaired) electrons. The number of rotatable bonds is 5. The van der Waals surface area contributed by atoms with Gasteiger partial charge in [0.05, 0.1) is 0 Å². The van der Waals surface area contributed by atoms with Crippen LogP contribution in [0.3, 0.4) is 0 Å². The summed E-state index contributed by atoms with van der Waals surface area (Å²) in [4.78, 5) is 36.2. The lowest BCUT2D eigenvalue weighted by Crippen LogP contribution is -2.43. The molecule has 2 rings (SSSR count). The van der Waals surface area contributed by atoms with E-state index in [1.807, 2.05) is 0 Å². The molecule has 0 bridgehead atoms. The van der Waals surface area contributed by atoms with Crippen LogP contribution in [-0.4, -0.2) is 47.4 Å². The summed E-state index contributed by atoms with van der Waals surface area (Å²) in [5, 5.41) is 11.9. The number of aliphatic carboxylic acids is 1. The molecule has 0 unspecified atom stereocenters. The zero-order chi connectivity index (χ0) is 16.1. The number of carbonyl (C=O) groups excluding carboxylic acids is 2. The van der Waals surface area contributed by atoms with Crippen LogP contribution in [0.2, 0.25) is 0 Å². The summed E-state index contributed by atoms with van der Waals surface area (Å²) in [7, 11) is 1.53. The van der Waals surface area contributed by atoms with E-state index in [-0.39, 0.29) is 36.2 Å². The lowest BCUT2D eigenvalue weighted by atomic mass is 9.85. The minimum absolute atomic E-state index is 0.0945. The van der Waals surface area contributed by atoms with Gasteiger partial charge in [-0.1, -0.05) is 12.8 Å². The number of likely N-dealkylation sites (N-methyl/N-ethyl adjacent to an activating group) is 1. The lowest BCUT2D eigenvalue weighted by Gasteiger charge is -2.31. The Hall–Kier alpha value is -1.59. The third-order valence-corrected chi connectivity index (χ3v) is 4.90. The van der Waals surface area contributed by atoms with Crippen molar-refractivity contribution < 1.29 is 19.5 Å². The number of amides is 2. The topological polar surface area (TPSA) is 86.7 Å². The molecule has 0 saturated heterocycles. The van der Waals surface area contributed by atoms with E-state index in [2.05, 4.69) is 5.32 Å². The molecule has 0 atom stereocenters. The molecule has 2 fully saturated rings. The van der Waals surface area contributed by atoms with Gasteiger partial charge in [-0.3, -0.25) is 14.4 Å². The fraction of sp³-hybridized carbons (Fsp3) is 0.812. The zero-order valence-electron chi connectivity index (χ0n) is 13.2. The molecule has 6 nitrogen and oxygen atoms in total. The van der Waals surface area contributed by atoms with Crippen molar-refractivity contribution in [2.75, 3.05) is 13.6 Å². The summed E-state index contributed by atoms with van der Waals surface area (Å²) in [6, 6.07) is 0.168. The Balaban J connectivity index is 1.74. The first kappa shape index (κ1) is 16.8. The van der Waals surface area contributed by atoms with Gasteiger partial charge in [0.2, 0.25) is 11.8 Å². The average molecular weight is 310 g/mol. The second-order valence-corrected chi connectivity index (χ2v) is 6.63. The predicted molar refractivity (Wildman–Crippen MR) is 81.1 cm³/mol. The average Bonchev–Trinajstić information content (AvgIpc) is 3.01. The van der Waals surface area contributed by atoms with Crippen LogP contribution in [0, 0.1) is 11.8 Å². The second kappa shape index (κ2) is 7.61. The molecule has 0 aromatic heterocycles. The smallest absolute Gasteiger partial charge is 0.323 e. The molecular formula is C16H26N2O4. The second-order valence-electron chi connectivity index (χ2n) is 6.63. The summed E-state index contributed by atoms with van der Waals surface area (Å²) in [5.74, 6) is -0.836. The van der Waals surface area contributed by atoms with E-state index >= 15 is 0 Å². The van der Waals surface area contributed by atoms with Gasteiger partial charge in [0, 0.05) is 24.9 Å². The van der Waals surface area contributed by atoms with Gasteiger partial charge in [-0.05, 0) is 38.5 Å². The van der Waals surface area contributed by atoms with Crippen molar-refractivity contribution in [1.29, 1.82) is 0 Å². The van der Waals surface area contributed by atoms with Crippen LogP contribution in [0.4, 0.5) is 0 Å². The molecule has 2 aliphatic carbocycles. The Bertz CT molecular complexity index is 424. The Morgan fingerprint density at radius 1 is 1.00 bits per heavy atom. The molecule has 6 heteroatoms. The molecule has 0 heterocycles. The molecule has 0 aromatic carbocycles. The van der Waals surface area contributed by atoms with Crippen molar-refractivity contribution in [3.05, 3.63) is 0 Å². The number of carboxylic acid groups (broad SMARTS) is 1. The minimum Gasteiger partial charge on any atom is -0.480 e. The highest BCUT2D eigenvalue weighted by Gasteiger charge is 2.31. The van der Waals surface area contributed by atoms with Gasteiger partial charge in [0.15, 0.2) is 0 Å². The number of carboxylic acids is 1. The van der Waals surface area contributed by atoms with Gasteiger partial charge in [-0.2, -0.15) is 0 Å². The van der Waals surface area contributed by atoms with E-state index in [9.17, 15) is 14.4 Å². The Morgan fingerprint density at radius 2 is 1.59 bits per heavy atom. The van der Waals surface area contributed by atoms with Crippen LogP contribution in [0.5, 0.6) is 0 Å². The molecule has 2 saturated carbocycles. The summed E-state index contributed by atoms with van der Waals surface area (Å²) < 4.78 is 0. The number of nitrogens with zero attached hydrogens (tertiary/aromatic N) is 1. The Morgan fingerprint density at radius 3 is 2.14 bits per heavy atom. The Kier molecular flexibility index (Phi) is 5.80. The fourth-order valence-electron chi connectivity index (χ4n) is 3.58. The first-order valence-electron chi connectivity index (χ1n) is 8.24. The summed E-state index contributed by atoms with van der Waals surface area (Å²) in [6.07, 6.45) is 7.34. The van der Waals surface area contributed by atoms with E-state index in [1.54, 1.807) is 0 Å². The maximum Gasteiger partial charge on any atom is 0.323 e. The predicted octanol–water partition coefficient (Wildman–Crippen LogP) is 1.39. The van der Waals surface area contributed by atoms with Crippen molar-refractivity contribution in [3.63, 3.8) is 0 Å². The maximum absolute atomic E-state index is 12.1. The van der Waals surface area contributed by atoms with Crippen molar-refractivity contribution >= 4 is 17.8 Å². The normalized spacial score (nSPS) is 25.7. The highest BCUT2D eigenvalue weighted by Crippen LogP contribution is 2.28. The first-order valence-corrected chi connectivity index (χ1v) is 8.24. The van der Waals surface area contributed by atoms with E-state index in [4.69, 9.17) is 5.11 Å². The molecular weight excluding hydrogens is 284 g/mol. The van der Waals surface area contributed by atoms with Crippen LogP contribution in [-0.2, 0) is 14.4 Å². The highest BCUT2D eigenvalue weighted by molar-refractivity contribution is 5.83. The number of hydrogen-bond donors (Lipinski definition) is 2. The summed E-state index contributed by atoms with van der Waals surface area (Å²) in [5.41, 5.74) is 0. The van der Waals surface area contributed by atoms with Crippen molar-refractivity contribution in [1.82, 2.24) is 10.2 Å². The highest BCUT2D eigenvalue weighted by atomic mass is 16.4. The van der Waals surface area contributed by atoms with E-state index in [0.717, 1.165) is 51.4 Å². The van der Waals surface area contributed by atoms with Crippen LogP contribution in [0.25, 0.3) is 0 Å². The van der Waals surface area contributed by atoms with Gasteiger partial charge in [-0.25, -0.2) is 0 Å². The fourth-order valence-corrected chi connectivity index (χ4v) is 3.58. The number of nitrogens with one attached hydrogen (secondary N) is 1. The molecule has 0 aliphatic heterocycles. The first-order chi connectivity index (χ1) is 10.5. The molecule has 2 N–H and O–H groups in total. The van der Waals surface area contributed by atoms with Gasteiger partial charge in [0.1, 0.15) is 6.54 Å². The maximum atomic E-state index is 12.1. The van der Waals surface area contributed by atoms with Crippen molar-refractivity contribution in [2.24, 2.45) is 11.8 Å². The molecule has 22 heavy (non-hydrogen) atoms. The van der Waals surface area contributed by atoms with Crippen molar-refractivity contribution in [3.8, 4) is 0 Å². The molecule has 2 aliphatic rings. The van der Waals surface area contributed by atoms with E-state index in [0.29, 0.717) is 0 Å². The monoisotopic (exact) mass is 310 g/mol. The standard InChI is InChI=1S/C16H26N2O4/c1-18(10-14(19)20)16(22)12-6-8-13(9-7-12)17-15(21)11-4-2-3-5-11/h11-13H,2-10H2,1H3,(H,17,21)(H,19,20). The van der Waals surface area contributed by atoms with E-state index in [1.165, 1.54) is 11.9 Å². The summed E-state index contributed by atoms with van der Waals surface area (Å²) in [6.45, 7) is -0.253. The van der Waals surface area contributed by atoms with Crippen LogP contribution >= 0.6 is 0 Å². The van der Waals surface area contributed by atoms with Crippen LogP contribution in [0.1, 0.15) is 51.4 Å². The van der Waals surface area contributed by atoms with Crippen LogP contribution in [0.15, 0.2) is 0 Å². The third-order valence-electron chi connectivity index (χ3n) is 4.90. The molecule has 2 amide bonds. The summed E-state index contributed by atoms with van der Waals surface area (Å²) >= 11 is 0. The molecule has 124 valence electrons. The quantitative estimate of drug-likeness (QED) is 0.803. The third kappa shape index (κ3) is 4.45. The Labute approximate surface area is 131 Å². The van der Waals surface area contributed by atoms with E-state index < -0.39 is 5.97 Å². The van der Waals surface area contributed by atoms with Gasteiger partial charge in [-0.15, -0.1) is 0 Å². The van der Waals surface area contributed by atoms with Gasteiger partial charge >= 0.3 is 5.97 Å². The molecule has 0 aromatic rings.